The molecular formula is C18H23BrN2O2. The van der Waals surface area contributed by atoms with E-state index in [1.54, 1.807) is 25.3 Å². The lowest BCUT2D eigenvalue weighted by molar-refractivity contribution is 0.0953. The van der Waals surface area contributed by atoms with Crippen LogP contribution in [0.25, 0.3) is 0 Å². The highest BCUT2D eigenvalue weighted by molar-refractivity contribution is 9.10. The highest BCUT2D eigenvalue weighted by Gasteiger charge is 2.59. The van der Waals surface area contributed by atoms with E-state index in [9.17, 15) is 4.79 Å². The molecule has 2 fully saturated rings. The summed E-state index contributed by atoms with van der Waals surface area (Å²) in [6.45, 7) is 6.94. The summed E-state index contributed by atoms with van der Waals surface area (Å²) in [5, 5.41) is 4.49. The SMILES string of the molecule is COc1ccc(C(=O)N/N=C2/C[C@H]3CC[C@]2(C)C3(C)C)cc1Br. The topological polar surface area (TPSA) is 50.7 Å². The fourth-order valence-electron chi connectivity index (χ4n) is 4.09. The first-order chi connectivity index (χ1) is 10.8. The summed E-state index contributed by atoms with van der Waals surface area (Å²) < 4.78 is 5.94. The van der Waals surface area contributed by atoms with E-state index in [0.29, 0.717) is 17.2 Å². The van der Waals surface area contributed by atoms with Crippen molar-refractivity contribution in [2.45, 2.75) is 40.0 Å². The Hall–Kier alpha value is -1.36. The summed E-state index contributed by atoms with van der Waals surface area (Å²) in [6, 6.07) is 5.26. The summed E-state index contributed by atoms with van der Waals surface area (Å²) in [5.74, 6) is 1.19. The highest BCUT2D eigenvalue weighted by Crippen LogP contribution is 2.63. The molecule has 2 aliphatic rings. The van der Waals surface area contributed by atoms with Crippen molar-refractivity contribution in [1.29, 1.82) is 0 Å². The van der Waals surface area contributed by atoms with Gasteiger partial charge in [-0.2, -0.15) is 5.10 Å². The monoisotopic (exact) mass is 378 g/mol. The van der Waals surface area contributed by atoms with Gasteiger partial charge in [-0.3, -0.25) is 4.79 Å². The molecule has 0 aliphatic heterocycles. The predicted octanol–water partition coefficient (Wildman–Crippen LogP) is 4.39. The van der Waals surface area contributed by atoms with Crippen molar-refractivity contribution in [3.63, 3.8) is 0 Å². The van der Waals surface area contributed by atoms with Gasteiger partial charge >= 0.3 is 0 Å². The second-order valence-corrected chi connectivity index (χ2v) is 8.20. The Morgan fingerprint density at radius 3 is 2.65 bits per heavy atom. The van der Waals surface area contributed by atoms with Crippen LogP contribution < -0.4 is 10.2 Å². The number of fused-ring (bicyclic) bond motifs is 2. The average molecular weight is 379 g/mol. The number of ether oxygens (including phenoxy) is 1. The van der Waals surface area contributed by atoms with Gasteiger partial charge in [0.05, 0.1) is 11.6 Å². The van der Waals surface area contributed by atoms with Gasteiger partial charge in [-0.25, -0.2) is 5.43 Å². The van der Waals surface area contributed by atoms with E-state index in [1.807, 2.05) is 0 Å². The van der Waals surface area contributed by atoms with Gasteiger partial charge in [0.2, 0.25) is 0 Å². The second-order valence-electron chi connectivity index (χ2n) is 7.34. The number of rotatable bonds is 3. The minimum absolute atomic E-state index is 0.103. The summed E-state index contributed by atoms with van der Waals surface area (Å²) in [5.41, 5.74) is 4.81. The number of hydrogen-bond donors (Lipinski definition) is 1. The highest BCUT2D eigenvalue weighted by atomic mass is 79.9. The maximum absolute atomic E-state index is 12.3. The number of nitrogens with zero attached hydrogens (tertiary/aromatic N) is 1. The van der Waals surface area contributed by atoms with Gasteiger partial charge in [0.15, 0.2) is 0 Å². The molecule has 4 nitrogen and oxygen atoms in total. The van der Waals surface area contributed by atoms with Gasteiger partial charge in [0.1, 0.15) is 5.75 Å². The molecule has 0 spiro atoms. The Kier molecular flexibility index (Phi) is 4.03. The number of nitrogens with one attached hydrogen (secondary N) is 1. The lowest BCUT2D eigenvalue weighted by Gasteiger charge is -2.34. The van der Waals surface area contributed by atoms with Crippen LogP contribution in [0.5, 0.6) is 5.75 Å². The Bertz CT molecular complexity index is 684. The van der Waals surface area contributed by atoms with Gasteiger partial charge in [-0.15, -0.1) is 0 Å². The van der Waals surface area contributed by atoms with Gasteiger partial charge in [-0.1, -0.05) is 20.8 Å². The Balaban J connectivity index is 1.76. The summed E-state index contributed by atoms with van der Waals surface area (Å²) >= 11 is 3.40. The van der Waals surface area contributed by atoms with Crippen LogP contribution >= 0.6 is 15.9 Å². The Labute approximate surface area is 145 Å². The molecule has 0 saturated heterocycles. The van der Waals surface area contributed by atoms with Gasteiger partial charge < -0.3 is 4.74 Å². The van der Waals surface area contributed by atoms with E-state index in [0.717, 1.165) is 23.0 Å². The maximum atomic E-state index is 12.3. The standard InChI is InChI=1S/C18H23BrN2O2/c1-17(2)12-7-8-18(17,3)15(10-12)20-21-16(22)11-5-6-14(23-4)13(19)9-11/h5-6,9,12H,7-8,10H2,1-4H3,(H,21,22)/b20-15-/t12-,18+/m1/s1. The molecule has 0 heterocycles. The van der Waals surface area contributed by atoms with Crippen LogP contribution in [-0.2, 0) is 0 Å². The predicted molar refractivity (Wildman–Crippen MR) is 94.8 cm³/mol. The molecule has 1 amide bonds. The molecule has 2 bridgehead atoms. The molecule has 3 rings (SSSR count). The third kappa shape index (κ3) is 2.49. The third-order valence-electron chi connectivity index (χ3n) is 6.22. The molecule has 2 saturated carbocycles. The van der Waals surface area contributed by atoms with Crippen LogP contribution in [0.2, 0.25) is 0 Å². The van der Waals surface area contributed by atoms with Gasteiger partial charge in [-0.05, 0) is 64.7 Å². The molecule has 1 N–H and O–H groups in total. The van der Waals surface area contributed by atoms with Crippen LogP contribution in [0, 0.1) is 16.7 Å². The van der Waals surface area contributed by atoms with Crippen LogP contribution in [-0.4, -0.2) is 18.7 Å². The van der Waals surface area contributed by atoms with Crippen LogP contribution in [0.1, 0.15) is 50.4 Å². The summed E-state index contributed by atoms with van der Waals surface area (Å²) in [7, 11) is 1.60. The normalized spacial score (nSPS) is 29.8. The van der Waals surface area contributed by atoms with Gasteiger partial charge in [0, 0.05) is 16.7 Å². The molecule has 5 heteroatoms. The Morgan fingerprint density at radius 2 is 2.13 bits per heavy atom. The number of amides is 1. The molecule has 2 atom stereocenters. The average Bonchev–Trinajstić information content (AvgIpc) is 2.85. The van der Waals surface area contributed by atoms with E-state index in [4.69, 9.17) is 4.74 Å². The molecule has 0 aromatic heterocycles. The number of methoxy groups -OCH3 is 1. The first kappa shape index (κ1) is 16.5. The van der Waals surface area contributed by atoms with Crippen molar-refractivity contribution in [1.82, 2.24) is 5.43 Å². The number of carbonyl (C=O) groups excluding carboxylic acids is 1. The van der Waals surface area contributed by atoms with Crippen LogP contribution in [0.15, 0.2) is 27.8 Å². The Morgan fingerprint density at radius 1 is 1.39 bits per heavy atom. The largest absolute Gasteiger partial charge is 0.496 e. The molecular weight excluding hydrogens is 356 g/mol. The molecule has 0 radical (unpaired) electrons. The molecule has 0 unspecified atom stereocenters. The first-order valence-corrected chi connectivity index (χ1v) is 8.80. The molecule has 2 aliphatic carbocycles. The number of hydrogen-bond acceptors (Lipinski definition) is 3. The smallest absolute Gasteiger partial charge is 0.271 e. The molecule has 124 valence electrons. The lowest BCUT2D eigenvalue weighted by atomic mass is 9.70. The fourth-order valence-corrected chi connectivity index (χ4v) is 4.63. The second kappa shape index (κ2) is 5.62. The molecule has 23 heavy (non-hydrogen) atoms. The van der Waals surface area contributed by atoms with Crippen LogP contribution in [0.4, 0.5) is 0 Å². The zero-order valence-corrected chi connectivity index (χ0v) is 15.7. The quantitative estimate of drug-likeness (QED) is 0.792. The van der Waals surface area contributed by atoms with Gasteiger partial charge in [0.25, 0.3) is 5.91 Å². The zero-order valence-electron chi connectivity index (χ0n) is 14.1. The number of carbonyl (C=O) groups is 1. The number of benzene rings is 1. The van der Waals surface area contributed by atoms with E-state index in [2.05, 4.69) is 47.2 Å². The number of halogens is 1. The maximum Gasteiger partial charge on any atom is 0.271 e. The van der Waals surface area contributed by atoms with Crippen molar-refractivity contribution < 1.29 is 9.53 Å². The van der Waals surface area contributed by atoms with Crippen molar-refractivity contribution in [2.24, 2.45) is 21.8 Å². The van der Waals surface area contributed by atoms with E-state index in [-0.39, 0.29) is 16.7 Å². The fraction of sp³-hybridized carbons (Fsp3) is 0.556. The summed E-state index contributed by atoms with van der Waals surface area (Å²) in [4.78, 5) is 12.3. The van der Waals surface area contributed by atoms with E-state index in [1.165, 1.54) is 6.42 Å². The summed E-state index contributed by atoms with van der Waals surface area (Å²) in [6.07, 6.45) is 3.42. The van der Waals surface area contributed by atoms with Crippen molar-refractivity contribution in [2.75, 3.05) is 7.11 Å². The van der Waals surface area contributed by atoms with Crippen molar-refractivity contribution >= 4 is 27.5 Å². The molecule has 1 aromatic carbocycles. The minimum atomic E-state index is -0.190. The van der Waals surface area contributed by atoms with Crippen LogP contribution in [0.3, 0.4) is 0 Å². The number of hydrazone groups is 1. The van der Waals surface area contributed by atoms with E-state index >= 15 is 0 Å². The van der Waals surface area contributed by atoms with E-state index < -0.39 is 0 Å². The lowest BCUT2D eigenvalue weighted by Crippen LogP contribution is -2.34. The van der Waals surface area contributed by atoms with Crippen molar-refractivity contribution in [3.8, 4) is 5.75 Å². The molecule has 1 aromatic rings. The van der Waals surface area contributed by atoms with Crippen molar-refractivity contribution in [3.05, 3.63) is 28.2 Å². The third-order valence-corrected chi connectivity index (χ3v) is 6.84. The first-order valence-electron chi connectivity index (χ1n) is 8.00. The zero-order chi connectivity index (χ0) is 16.8. The minimum Gasteiger partial charge on any atom is -0.496 e.